The summed E-state index contributed by atoms with van der Waals surface area (Å²) in [6.07, 6.45) is 2.43. The molecule has 1 saturated carbocycles. The van der Waals surface area contributed by atoms with E-state index in [1.807, 2.05) is 6.07 Å². The number of fused-ring (bicyclic) bond motifs is 1. The highest BCUT2D eigenvalue weighted by Crippen LogP contribution is 2.33. The summed E-state index contributed by atoms with van der Waals surface area (Å²) >= 11 is 0. The van der Waals surface area contributed by atoms with Crippen molar-refractivity contribution in [3.63, 3.8) is 0 Å². The molecule has 24 heavy (non-hydrogen) atoms. The number of aliphatic hydroxyl groups is 1. The molecule has 2 aliphatic rings. The summed E-state index contributed by atoms with van der Waals surface area (Å²) in [6.45, 7) is 4.05. The second-order valence-electron chi connectivity index (χ2n) is 7.00. The summed E-state index contributed by atoms with van der Waals surface area (Å²) in [5.41, 5.74) is 0.182. The first-order valence-electron chi connectivity index (χ1n) is 8.48. The Labute approximate surface area is 141 Å². The second kappa shape index (κ2) is 6.43. The third-order valence-electron chi connectivity index (χ3n) is 4.82. The van der Waals surface area contributed by atoms with E-state index >= 15 is 0 Å². The van der Waals surface area contributed by atoms with Crippen molar-refractivity contribution in [1.29, 1.82) is 0 Å². The SMILES string of the molecule is CC1CCCC(O)(C(=O)NCc2ccc3c(c2)NC(=O)[C@H](C)O3)C1. The largest absolute Gasteiger partial charge is 0.479 e. The van der Waals surface area contributed by atoms with Crippen LogP contribution < -0.4 is 15.4 Å². The third-order valence-corrected chi connectivity index (χ3v) is 4.82. The van der Waals surface area contributed by atoms with Gasteiger partial charge in [0.25, 0.3) is 11.8 Å². The molecule has 3 atom stereocenters. The van der Waals surface area contributed by atoms with Crippen LogP contribution in [0.2, 0.25) is 0 Å². The van der Waals surface area contributed by atoms with Crippen LogP contribution in [0.3, 0.4) is 0 Å². The van der Waals surface area contributed by atoms with Crippen LogP contribution in [0.4, 0.5) is 5.69 Å². The predicted molar refractivity (Wildman–Crippen MR) is 89.6 cm³/mol. The van der Waals surface area contributed by atoms with Crippen LogP contribution in [0, 0.1) is 5.92 Å². The Hall–Kier alpha value is -2.08. The van der Waals surface area contributed by atoms with Gasteiger partial charge in [-0.25, -0.2) is 0 Å². The Kier molecular flexibility index (Phi) is 4.49. The maximum absolute atomic E-state index is 12.4. The molecule has 1 aliphatic heterocycles. The molecule has 1 fully saturated rings. The number of hydrogen-bond acceptors (Lipinski definition) is 4. The molecule has 1 heterocycles. The zero-order valence-electron chi connectivity index (χ0n) is 14.1. The van der Waals surface area contributed by atoms with Gasteiger partial charge in [0, 0.05) is 6.54 Å². The fraction of sp³-hybridized carbons (Fsp3) is 0.556. The van der Waals surface area contributed by atoms with E-state index < -0.39 is 11.7 Å². The minimum Gasteiger partial charge on any atom is -0.479 e. The van der Waals surface area contributed by atoms with Gasteiger partial charge in [-0.2, -0.15) is 0 Å². The lowest BCUT2D eigenvalue weighted by Gasteiger charge is -2.34. The van der Waals surface area contributed by atoms with Gasteiger partial charge in [-0.3, -0.25) is 9.59 Å². The Bertz CT molecular complexity index is 660. The molecule has 2 unspecified atom stereocenters. The van der Waals surface area contributed by atoms with Gasteiger partial charge in [-0.05, 0) is 49.8 Å². The molecular formula is C18H24N2O4. The van der Waals surface area contributed by atoms with E-state index in [2.05, 4.69) is 17.6 Å². The van der Waals surface area contributed by atoms with Crippen molar-refractivity contribution in [2.75, 3.05) is 5.32 Å². The first kappa shape index (κ1) is 16.8. The highest BCUT2D eigenvalue weighted by Gasteiger charge is 2.39. The van der Waals surface area contributed by atoms with Crippen molar-refractivity contribution in [1.82, 2.24) is 5.32 Å². The second-order valence-corrected chi connectivity index (χ2v) is 7.00. The van der Waals surface area contributed by atoms with E-state index in [1.165, 1.54) is 0 Å². The van der Waals surface area contributed by atoms with Crippen molar-refractivity contribution in [2.24, 2.45) is 5.92 Å². The number of carbonyl (C=O) groups is 2. The number of rotatable bonds is 3. The fourth-order valence-corrected chi connectivity index (χ4v) is 3.44. The van der Waals surface area contributed by atoms with Gasteiger partial charge in [0.05, 0.1) is 5.69 Å². The standard InChI is InChI=1S/C18H24N2O4/c1-11-4-3-7-18(23,9-11)17(22)19-10-13-5-6-15-14(8-13)20-16(21)12(2)24-15/h5-6,8,11-12,23H,3-4,7,9-10H2,1-2H3,(H,19,22)(H,20,21)/t11?,12-,18?/m0/s1. The van der Waals surface area contributed by atoms with Crippen LogP contribution in [0.5, 0.6) is 5.75 Å². The van der Waals surface area contributed by atoms with E-state index in [4.69, 9.17) is 4.74 Å². The first-order chi connectivity index (χ1) is 11.4. The van der Waals surface area contributed by atoms with Crippen LogP contribution in [0.1, 0.15) is 45.1 Å². The van der Waals surface area contributed by atoms with E-state index in [9.17, 15) is 14.7 Å². The molecule has 0 radical (unpaired) electrons. The van der Waals surface area contributed by atoms with E-state index in [1.54, 1.807) is 19.1 Å². The molecule has 3 N–H and O–H groups in total. The maximum atomic E-state index is 12.4. The Morgan fingerprint density at radius 2 is 2.25 bits per heavy atom. The summed E-state index contributed by atoms with van der Waals surface area (Å²) in [4.78, 5) is 24.0. The van der Waals surface area contributed by atoms with Gasteiger partial charge in [-0.15, -0.1) is 0 Å². The Morgan fingerprint density at radius 3 is 3.00 bits per heavy atom. The number of carbonyl (C=O) groups excluding carboxylic acids is 2. The molecule has 0 spiro atoms. The summed E-state index contributed by atoms with van der Waals surface area (Å²) in [5, 5.41) is 16.2. The van der Waals surface area contributed by atoms with Crippen molar-refractivity contribution >= 4 is 17.5 Å². The molecule has 0 bridgehead atoms. The predicted octanol–water partition coefficient (Wildman–Crippen LogP) is 1.96. The number of hydrogen-bond donors (Lipinski definition) is 3. The molecule has 6 nitrogen and oxygen atoms in total. The first-order valence-corrected chi connectivity index (χ1v) is 8.48. The van der Waals surface area contributed by atoms with Crippen molar-refractivity contribution in [3.05, 3.63) is 23.8 Å². The smallest absolute Gasteiger partial charge is 0.265 e. The van der Waals surface area contributed by atoms with Crippen LogP contribution in [-0.4, -0.2) is 28.6 Å². The lowest BCUT2D eigenvalue weighted by atomic mass is 9.78. The van der Waals surface area contributed by atoms with E-state index in [0.717, 1.165) is 18.4 Å². The van der Waals surface area contributed by atoms with Gasteiger partial charge < -0.3 is 20.5 Å². The molecule has 0 saturated heterocycles. The van der Waals surface area contributed by atoms with Crippen molar-refractivity contribution in [3.8, 4) is 5.75 Å². The highest BCUT2D eigenvalue weighted by atomic mass is 16.5. The van der Waals surface area contributed by atoms with Gasteiger partial charge >= 0.3 is 0 Å². The summed E-state index contributed by atoms with van der Waals surface area (Å²) < 4.78 is 5.51. The topological polar surface area (TPSA) is 87.7 Å². The molecular weight excluding hydrogens is 308 g/mol. The maximum Gasteiger partial charge on any atom is 0.265 e. The highest BCUT2D eigenvalue weighted by molar-refractivity contribution is 5.97. The zero-order valence-corrected chi connectivity index (χ0v) is 14.1. The lowest BCUT2D eigenvalue weighted by molar-refractivity contribution is -0.144. The molecule has 130 valence electrons. The van der Waals surface area contributed by atoms with Crippen LogP contribution in [-0.2, 0) is 16.1 Å². The number of nitrogens with one attached hydrogen (secondary N) is 2. The van der Waals surface area contributed by atoms with Gasteiger partial charge in [-0.1, -0.05) is 19.4 Å². The number of ether oxygens (including phenoxy) is 1. The Balaban J connectivity index is 1.64. The fourth-order valence-electron chi connectivity index (χ4n) is 3.44. The lowest BCUT2D eigenvalue weighted by Crippen LogP contribution is -2.49. The molecule has 1 aromatic rings. The summed E-state index contributed by atoms with van der Waals surface area (Å²) in [7, 11) is 0. The average Bonchev–Trinajstić information content (AvgIpc) is 2.53. The van der Waals surface area contributed by atoms with Crippen molar-refractivity contribution in [2.45, 2.75) is 57.8 Å². The number of amides is 2. The molecule has 6 heteroatoms. The van der Waals surface area contributed by atoms with Crippen molar-refractivity contribution < 1.29 is 19.4 Å². The Morgan fingerprint density at radius 1 is 1.46 bits per heavy atom. The molecule has 2 amide bonds. The van der Waals surface area contributed by atoms with Crippen LogP contribution >= 0.6 is 0 Å². The molecule has 3 rings (SSSR count). The average molecular weight is 332 g/mol. The number of anilines is 1. The zero-order chi connectivity index (χ0) is 17.3. The minimum atomic E-state index is -1.27. The number of benzene rings is 1. The normalized spacial score (nSPS) is 29.2. The van der Waals surface area contributed by atoms with E-state index in [-0.39, 0.29) is 11.8 Å². The molecule has 1 aromatic carbocycles. The van der Waals surface area contributed by atoms with Crippen LogP contribution in [0.15, 0.2) is 18.2 Å². The quantitative estimate of drug-likeness (QED) is 0.789. The summed E-state index contributed by atoms with van der Waals surface area (Å²) in [5.74, 6) is 0.472. The van der Waals surface area contributed by atoms with Crippen LogP contribution in [0.25, 0.3) is 0 Å². The minimum absolute atomic E-state index is 0.186. The van der Waals surface area contributed by atoms with Gasteiger partial charge in [0.2, 0.25) is 0 Å². The summed E-state index contributed by atoms with van der Waals surface area (Å²) in [6, 6.07) is 5.41. The monoisotopic (exact) mass is 332 g/mol. The van der Waals surface area contributed by atoms with Gasteiger partial charge in [0.1, 0.15) is 11.4 Å². The molecule has 0 aromatic heterocycles. The van der Waals surface area contributed by atoms with Gasteiger partial charge in [0.15, 0.2) is 6.10 Å². The third kappa shape index (κ3) is 3.38. The molecule has 1 aliphatic carbocycles. The van der Waals surface area contributed by atoms with E-state index in [0.29, 0.717) is 36.7 Å².